The van der Waals surface area contributed by atoms with Crippen molar-refractivity contribution in [1.82, 2.24) is 19.2 Å². The molecule has 202 valence electrons. The number of aryl methyl sites for hydroxylation is 1. The van der Waals surface area contributed by atoms with Crippen LogP contribution in [0.2, 0.25) is 0 Å². The number of ether oxygens (including phenoxy) is 2. The molecular formula is C32H31N5O3. The average molecular weight is 534 g/mol. The lowest BCUT2D eigenvalue weighted by molar-refractivity contribution is 0.194. The predicted octanol–water partition coefficient (Wildman–Crippen LogP) is 6.38. The molecule has 6 rings (SSSR count). The van der Waals surface area contributed by atoms with Crippen LogP contribution in [0, 0.1) is 0 Å². The number of hydrogen-bond acceptors (Lipinski definition) is 4. The monoisotopic (exact) mass is 533 g/mol. The van der Waals surface area contributed by atoms with Crippen molar-refractivity contribution in [2.75, 3.05) is 19.5 Å². The molecule has 0 saturated carbocycles. The molecule has 3 heterocycles. The smallest absolute Gasteiger partial charge is 0.322 e. The zero-order chi connectivity index (χ0) is 27.6. The summed E-state index contributed by atoms with van der Waals surface area (Å²) < 4.78 is 15.0. The van der Waals surface area contributed by atoms with Crippen molar-refractivity contribution in [2.24, 2.45) is 0 Å². The van der Waals surface area contributed by atoms with Crippen molar-refractivity contribution < 1.29 is 14.3 Å². The zero-order valence-corrected chi connectivity index (χ0v) is 22.7. The molecule has 3 aromatic carbocycles. The van der Waals surface area contributed by atoms with Gasteiger partial charge in [0.15, 0.2) is 0 Å². The van der Waals surface area contributed by atoms with E-state index >= 15 is 0 Å². The van der Waals surface area contributed by atoms with E-state index in [2.05, 4.69) is 35.0 Å². The molecule has 0 bridgehead atoms. The first kappa shape index (κ1) is 25.3. The minimum Gasteiger partial charge on any atom is -0.497 e. The second-order valence-electron chi connectivity index (χ2n) is 9.62. The molecule has 2 amide bonds. The lowest BCUT2D eigenvalue weighted by atomic mass is 10.0. The summed E-state index contributed by atoms with van der Waals surface area (Å²) >= 11 is 0. The standard InChI is InChI=1S/C32H31N5O3/c1-4-28-27-21-36(32(38)33-23-15-17-25(39-2)18-16-23)30(22-10-8-13-26(20-22)40-3)29-14-9-19-35(29)31(27)37(34-28)24-11-6-5-7-12-24/h5-20,30H,4,21H2,1-3H3,(H,33,38). The van der Waals surface area contributed by atoms with E-state index < -0.39 is 0 Å². The summed E-state index contributed by atoms with van der Waals surface area (Å²) in [6, 6.07) is 28.9. The van der Waals surface area contributed by atoms with E-state index in [4.69, 9.17) is 14.6 Å². The van der Waals surface area contributed by atoms with Crippen LogP contribution < -0.4 is 14.8 Å². The SMILES string of the molecule is CCc1nn(-c2ccccc2)c2c1CN(C(=O)Nc1ccc(OC)cc1)C(c1cccc(OC)c1)c1cccn1-2. The Morgan fingerprint density at radius 2 is 1.70 bits per heavy atom. The van der Waals surface area contributed by atoms with E-state index in [0.717, 1.165) is 51.9 Å². The number of benzene rings is 3. The van der Waals surface area contributed by atoms with Gasteiger partial charge in [0, 0.05) is 17.4 Å². The number of nitrogens with one attached hydrogen (secondary N) is 1. The summed E-state index contributed by atoms with van der Waals surface area (Å²) in [5.74, 6) is 2.40. The normalized spacial score (nSPS) is 14.2. The van der Waals surface area contributed by atoms with Gasteiger partial charge in [0.25, 0.3) is 0 Å². The van der Waals surface area contributed by atoms with Gasteiger partial charge in [-0.3, -0.25) is 0 Å². The largest absolute Gasteiger partial charge is 0.497 e. The van der Waals surface area contributed by atoms with E-state index in [-0.39, 0.29) is 12.1 Å². The molecule has 1 N–H and O–H groups in total. The number of rotatable bonds is 6. The Bertz CT molecular complexity index is 1640. The van der Waals surface area contributed by atoms with Crippen LogP contribution in [0.25, 0.3) is 11.5 Å². The van der Waals surface area contributed by atoms with Gasteiger partial charge in [-0.2, -0.15) is 5.10 Å². The highest BCUT2D eigenvalue weighted by Gasteiger charge is 2.36. The van der Waals surface area contributed by atoms with Gasteiger partial charge in [0.05, 0.1) is 43.9 Å². The van der Waals surface area contributed by atoms with Gasteiger partial charge in [-0.05, 0) is 72.6 Å². The van der Waals surface area contributed by atoms with Gasteiger partial charge in [0.2, 0.25) is 0 Å². The molecule has 0 fully saturated rings. The highest BCUT2D eigenvalue weighted by molar-refractivity contribution is 5.90. The maximum Gasteiger partial charge on any atom is 0.322 e. The summed E-state index contributed by atoms with van der Waals surface area (Å²) in [4.78, 5) is 16.0. The van der Waals surface area contributed by atoms with Crippen molar-refractivity contribution in [3.63, 3.8) is 0 Å². The molecule has 8 heteroatoms. The maximum atomic E-state index is 14.1. The van der Waals surface area contributed by atoms with Crippen molar-refractivity contribution in [1.29, 1.82) is 0 Å². The fourth-order valence-corrected chi connectivity index (χ4v) is 5.38. The van der Waals surface area contributed by atoms with Crippen LogP contribution in [0.1, 0.15) is 35.5 Å². The number of amides is 2. The fourth-order valence-electron chi connectivity index (χ4n) is 5.38. The van der Waals surface area contributed by atoms with E-state index in [0.29, 0.717) is 12.2 Å². The molecule has 40 heavy (non-hydrogen) atoms. The third-order valence-corrected chi connectivity index (χ3v) is 7.32. The van der Waals surface area contributed by atoms with Gasteiger partial charge in [-0.15, -0.1) is 0 Å². The molecule has 5 aromatic rings. The summed E-state index contributed by atoms with van der Waals surface area (Å²) in [5, 5.41) is 8.14. The number of methoxy groups -OCH3 is 2. The molecule has 1 unspecified atom stereocenters. The molecule has 2 aromatic heterocycles. The molecule has 1 atom stereocenters. The zero-order valence-electron chi connectivity index (χ0n) is 22.7. The van der Waals surface area contributed by atoms with Gasteiger partial charge in [-0.25, -0.2) is 9.48 Å². The number of nitrogens with zero attached hydrogens (tertiary/aromatic N) is 4. The number of para-hydroxylation sites is 1. The van der Waals surface area contributed by atoms with Gasteiger partial charge < -0.3 is 24.3 Å². The molecule has 0 spiro atoms. The minimum absolute atomic E-state index is 0.215. The Labute approximate surface area is 233 Å². The minimum atomic E-state index is -0.385. The topological polar surface area (TPSA) is 73.6 Å². The summed E-state index contributed by atoms with van der Waals surface area (Å²) in [6.07, 6.45) is 2.78. The molecule has 0 radical (unpaired) electrons. The lowest BCUT2D eigenvalue weighted by Gasteiger charge is -2.31. The molecule has 0 aliphatic carbocycles. The third kappa shape index (κ3) is 4.47. The summed E-state index contributed by atoms with van der Waals surface area (Å²) in [6.45, 7) is 2.47. The highest BCUT2D eigenvalue weighted by atomic mass is 16.5. The van der Waals surface area contributed by atoms with Crippen LogP contribution in [0.3, 0.4) is 0 Å². The number of hydrogen-bond donors (Lipinski definition) is 1. The summed E-state index contributed by atoms with van der Waals surface area (Å²) in [5.41, 5.74) is 5.52. The lowest BCUT2D eigenvalue weighted by Crippen LogP contribution is -2.38. The van der Waals surface area contributed by atoms with E-state index in [1.807, 2.05) is 88.6 Å². The Morgan fingerprint density at radius 1 is 0.925 bits per heavy atom. The summed E-state index contributed by atoms with van der Waals surface area (Å²) in [7, 11) is 3.28. The number of anilines is 1. The van der Waals surface area contributed by atoms with Crippen LogP contribution in [0.15, 0.2) is 97.2 Å². The van der Waals surface area contributed by atoms with Gasteiger partial charge in [-0.1, -0.05) is 37.3 Å². The van der Waals surface area contributed by atoms with E-state index in [1.54, 1.807) is 14.2 Å². The number of carbonyl (C=O) groups excluding carboxylic acids is 1. The molecule has 1 aliphatic heterocycles. The quantitative estimate of drug-likeness (QED) is 0.275. The maximum absolute atomic E-state index is 14.1. The van der Waals surface area contributed by atoms with Crippen LogP contribution in [-0.4, -0.2) is 39.5 Å². The fraction of sp³-hybridized carbons (Fsp3) is 0.188. The second kappa shape index (κ2) is 10.6. The van der Waals surface area contributed by atoms with Crippen LogP contribution in [-0.2, 0) is 13.0 Å². The van der Waals surface area contributed by atoms with Crippen LogP contribution >= 0.6 is 0 Å². The predicted molar refractivity (Wildman–Crippen MR) is 155 cm³/mol. The number of aromatic nitrogens is 3. The van der Waals surface area contributed by atoms with Crippen molar-refractivity contribution in [2.45, 2.75) is 25.9 Å². The first-order valence-corrected chi connectivity index (χ1v) is 13.3. The third-order valence-electron chi connectivity index (χ3n) is 7.32. The van der Waals surface area contributed by atoms with Crippen molar-refractivity contribution >= 4 is 11.7 Å². The highest BCUT2D eigenvalue weighted by Crippen LogP contribution is 2.39. The first-order valence-electron chi connectivity index (χ1n) is 13.3. The second-order valence-corrected chi connectivity index (χ2v) is 9.62. The van der Waals surface area contributed by atoms with Crippen LogP contribution in [0.5, 0.6) is 11.5 Å². The van der Waals surface area contributed by atoms with Gasteiger partial charge in [0.1, 0.15) is 17.3 Å². The molecule has 1 aliphatic rings. The Kier molecular flexibility index (Phi) is 6.74. The molecule has 0 saturated heterocycles. The van der Waals surface area contributed by atoms with Crippen molar-refractivity contribution in [3.05, 3.63) is 120 Å². The Hall–Kier alpha value is -4.98. The van der Waals surface area contributed by atoms with E-state index in [9.17, 15) is 4.79 Å². The molecular weight excluding hydrogens is 502 g/mol. The number of carbonyl (C=O) groups is 1. The number of fused-ring (bicyclic) bond motifs is 3. The first-order chi connectivity index (χ1) is 19.6. The average Bonchev–Trinajstić information content (AvgIpc) is 3.59. The Balaban J connectivity index is 1.53. The van der Waals surface area contributed by atoms with E-state index in [1.165, 1.54) is 0 Å². The van der Waals surface area contributed by atoms with Crippen molar-refractivity contribution in [3.8, 4) is 23.0 Å². The Morgan fingerprint density at radius 3 is 2.42 bits per heavy atom. The number of urea groups is 1. The van der Waals surface area contributed by atoms with Crippen LogP contribution in [0.4, 0.5) is 10.5 Å². The molecule has 8 nitrogen and oxygen atoms in total. The van der Waals surface area contributed by atoms with Gasteiger partial charge >= 0.3 is 6.03 Å².